The van der Waals surface area contributed by atoms with Gasteiger partial charge in [0.05, 0.1) is 4.92 Å². The number of rotatable bonds is 6. The first kappa shape index (κ1) is 15.0. The fourth-order valence-corrected chi connectivity index (χ4v) is 2.77. The molecule has 0 bridgehead atoms. The van der Waals surface area contributed by atoms with Crippen molar-refractivity contribution in [3.05, 3.63) is 55.8 Å². The van der Waals surface area contributed by atoms with Gasteiger partial charge >= 0.3 is 5.97 Å². The SMILES string of the molecule is CCc1ccc(CNc2ccc(C(=O)O)c([N+](=O)[O-])c2)s1. The Bertz CT molecular complexity index is 681. The number of nitro groups is 1. The van der Waals surface area contributed by atoms with Crippen LogP contribution in [0.25, 0.3) is 0 Å². The van der Waals surface area contributed by atoms with Crippen LogP contribution in [0.1, 0.15) is 27.0 Å². The van der Waals surface area contributed by atoms with Gasteiger partial charge in [-0.15, -0.1) is 11.3 Å². The second-order valence-electron chi connectivity index (χ2n) is 4.37. The Labute approximate surface area is 125 Å². The number of hydrogen-bond donors (Lipinski definition) is 2. The Hall–Kier alpha value is -2.41. The van der Waals surface area contributed by atoms with E-state index in [1.165, 1.54) is 23.1 Å². The molecule has 0 aliphatic rings. The lowest BCUT2D eigenvalue weighted by Gasteiger charge is -2.06. The molecule has 2 N–H and O–H groups in total. The zero-order valence-electron chi connectivity index (χ0n) is 11.3. The Morgan fingerprint density at radius 1 is 1.33 bits per heavy atom. The Morgan fingerprint density at radius 3 is 2.62 bits per heavy atom. The summed E-state index contributed by atoms with van der Waals surface area (Å²) in [7, 11) is 0. The summed E-state index contributed by atoms with van der Waals surface area (Å²) in [5.74, 6) is -1.31. The third-order valence-electron chi connectivity index (χ3n) is 2.96. The first-order chi connectivity index (χ1) is 10.0. The molecule has 7 heteroatoms. The van der Waals surface area contributed by atoms with Crippen LogP contribution in [-0.4, -0.2) is 16.0 Å². The molecule has 6 nitrogen and oxygen atoms in total. The summed E-state index contributed by atoms with van der Waals surface area (Å²) in [6, 6.07) is 8.09. The number of nitro benzene ring substituents is 1. The van der Waals surface area contributed by atoms with Gasteiger partial charge in [-0.05, 0) is 30.7 Å². The van der Waals surface area contributed by atoms with Gasteiger partial charge in [0.1, 0.15) is 5.56 Å². The lowest BCUT2D eigenvalue weighted by Crippen LogP contribution is -2.04. The molecule has 2 rings (SSSR count). The van der Waals surface area contributed by atoms with Crippen molar-refractivity contribution in [1.29, 1.82) is 0 Å². The van der Waals surface area contributed by atoms with Crippen LogP contribution in [0.4, 0.5) is 11.4 Å². The lowest BCUT2D eigenvalue weighted by atomic mass is 10.1. The largest absolute Gasteiger partial charge is 0.477 e. The average Bonchev–Trinajstić information content (AvgIpc) is 2.92. The standard InChI is InChI=1S/C14H14N2O4S/c1-2-10-4-5-11(21-10)8-15-9-3-6-12(14(17)18)13(7-9)16(19)20/h3-7,15H,2,8H2,1H3,(H,17,18). The van der Waals surface area contributed by atoms with Crippen LogP contribution in [0.3, 0.4) is 0 Å². The van der Waals surface area contributed by atoms with E-state index in [1.807, 2.05) is 6.07 Å². The number of hydrogen-bond acceptors (Lipinski definition) is 5. The third kappa shape index (κ3) is 3.57. The molecule has 1 aromatic carbocycles. The molecular formula is C14H14N2O4S. The van der Waals surface area contributed by atoms with Crippen LogP contribution in [0.2, 0.25) is 0 Å². The number of carboxylic acids is 1. The smallest absolute Gasteiger partial charge is 0.342 e. The number of aromatic carboxylic acids is 1. The first-order valence-electron chi connectivity index (χ1n) is 6.34. The molecule has 0 aliphatic carbocycles. The van der Waals surface area contributed by atoms with E-state index in [0.29, 0.717) is 12.2 Å². The lowest BCUT2D eigenvalue weighted by molar-refractivity contribution is -0.385. The number of nitrogens with one attached hydrogen (secondary N) is 1. The van der Waals surface area contributed by atoms with Crippen molar-refractivity contribution in [2.24, 2.45) is 0 Å². The van der Waals surface area contributed by atoms with Crippen LogP contribution in [0.15, 0.2) is 30.3 Å². The minimum atomic E-state index is -1.31. The molecular weight excluding hydrogens is 292 g/mol. The number of thiophene rings is 1. The van der Waals surface area contributed by atoms with E-state index in [4.69, 9.17) is 5.11 Å². The second-order valence-corrected chi connectivity index (χ2v) is 5.62. The normalized spacial score (nSPS) is 10.3. The van der Waals surface area contributed by atoms with Crippen molar-refractivity contribution in [2.45, 2.75) is 19.9 Å². The summed E-state index contributed by atoms with van der Waals surface area (Å²) >= 11 is 1.68. The van der Waals surface area contributed by atoms with Gasteiger partial charge in [0.2, 0.25) is 0 Å². The van der Waals surface area contributed by atoms with Crippen molar-refractivity contribution in [1.82, 2.24) is 0 Å². The average molecular weight is 306 g/mol. The maximum atomic E-state index is 10.9. The number of carbonyl (C=O) groups is 1. The van der Waals surface area contributed by atoms with Gasteiger partial charge in [0.15, 0.2) is 0 Å². The number of carboxylic acid groups (broad SMARTS) is 1. The molecule has 1 heterocycles. The Kier molecular flexibility index (Phi) is 4.54. The fourth-order valence-electron chi connectivity index (χ4n) is 1.87. The molecule has 0 unspecified atom stereocenters. The summed E-state index contributed by atoms with van der Waals surface area (Å²) in [4.78, 5) is 23.6. The predicted octanol–water partition coefficient (Wildman–Crippen LogP) is 3.53. The number of nitrogens with zero attached hydrogens (tertiary/aromatic N) is 1. The molecule has 0 atom stereocenters. The van der Waals surface area contributed by atoms with Gasteiger partial charge in [0, 0.05) is 28.1 Å². The van der Waals surface area contributed by atoms with E-state index < -0.39 is 16.6 Å². The highest BCUT2D eigenvalue weighted by Gasteiger charge is 2.19. The molecule has 0 amide bonds. The van der Waals surface area contributed by atoms with E-state index >= 15 is 0 Å². The van der Waals surface area contributed by atoms with Gasteiger partial charge in [-0.25, -0.2) is 4.79 Å². The summed E-state index contributed by atoms with van der Waals surface area (Å²) in [5, 5.41) is 22.9. The first-order valence-corrected chi connectivity index (χ1v) is 7.16. The van der Waals surface area contributed by atoms with Crippen molar-refractivity contribution in [3.8, 4) is 0 Å². The van der Waals surface area contributed by atoms with Crippen molar-refractivity contribution >= 4 is 28.7 Å². The summed E-state index contributed by atoms with van der Waals surface area (Å²) in [6.07, 6.45) is 0.976. The molecule has 1 aromatic heterocycles. The van der Waals surface area contributed by atoms with Crippen LogP contribution >= 0.6 is 11.3 Å². The topological polar surface area (TPSA) is 92.5 Å². The molecule has 0 aliphatic heterocycles. The van der Waals surface area contributed by atoms with Crippen LogP contribution in [0, 0.1) is 10.1 Å². The number of aryl methyl sites for hydroxylation is 1. The molecule has 0 saturated heterocycles. The highest BCUT2D eigenvalue weighted by Crippen LogP contribution is 2.24. The van der Waals surface area contributed by atoms with Crippen molar-refractivity contribution < 1.29 is 14.8 Å². The van der Waals surface area contributed by atoms with Crippen molar-refractivity contribution in [3.63, 3.8) is 0 Å². The maximum Gasteiger partial charge on any atom is 0.342 e. The monoisotopic (exact) mass is 306 g/mol. The molecule has 21 heavy (non-hydrogen) atoms. The predicted molar refractivity (Wildman–Crippen MR) is 81.1 cm³/mol. The van der Waals surface area contributed by atoms with Crippen molar-refractivity contribution in [2.75, 3.05) is 5.32 Å². The Morgan fingerprint density at radius 2 is 2.05 bits per heavy atom. The fraction of sp³-hybridized carbons (Fsp3) is 0.214. The zero-order valence-corrected chi connectivity index (χ0v) is 12.1. The van der Waals surface area contributed by atoms with E-state index in [2.05, 4.69) is 18.3 Å². The quantitative estimate of drug-likeness (QED) is 0.629. The summed E-state index contributed by atoms with van der Waals surface area (Å²) in [6.45, 7) is 2.63. The molecule has 0 radical (unpaired) electrons. The summed E-state index contributed by atoms with van der Waals surface area (Å²) < 4.78 is 0. The van der Waals surface area contributed by atoms with Gasteiger partial charge < -0.3 is 10.4 Å². The number of anilines is 1. The highest BCUT2D eigenvalue weighted by molar-refractivity contribution is 7.12. The molecule has 2 aromatic rings. The van der Waals surface area contributed by atoms with Crippen LogP contribution in [0.5, 0.6) is 0 Å². The highest BCUT2D eigenvalue weighted by atomic mass is 32.1. The van der Waals surface area contributed by atoms with Gasteiger partial charge in [0.25, 0.3) is 5.69 Å². The zero-order chi connectivity index (χ0) is 15.4. The van der Waals surface area contributed by atoms with Crippen LogP contribution < -0.4 is 5.32 Å². The molecule has 0 spiro atoms. The van der Waals surface area contributed by atoms with Crippen LogP contribution in [-0.2, 0) is 13.0 Å². The van der Waals surface area contributed by atoms with Gasteiger partial charge in [-0.2, -0.15) is 0 Å². The Balaban J connectivity index is 2.15. The maximum absolute atomic E-state index is 10.9. The van der Waals surface area contributed by atoms with E-state index in [-0.39, 0.29) is 5.56 Å². The van der Waals surface area contributed by atoms with Gasteiger partial charge in [-0.1, -0.05) is 6.92 Å². The molecule has 0 fully saturated rings. The third-order valence-corrected chi connectivity index (χ3v) is 4.19. The van der Waals surface area contributed by atoms with E-state index in [0.717, 1.165) is 11.3 Å². The van der Waals surface area contributed by atoms with E-state index in [1.54, 1.807) is 11.3 Å². The minimum absolute atomic E-state index is 0.310. The van der Waals surface area contributed by atoms with Gasteiger partial charge in [-0.3, -0.25) is 10.1 Å². The second kappa shape index (κ2) is 6.36. The molecule has 0 saturated carbocycles. The van der Waals surface area contributed by atoms with E-state index in [9.17, 15) is 14.9 Å². The molecule has 110 valence electrons. The minimum Gasteiger partial charge on any atom is -0.477 e. The number of benzene rings is 1. The summed E-state index contributed by atoms with van der Waals surface area (Å²) in [5.41, 5.74) is -0.194.